The van der Waals surface area contributed by atoms with E-state index in [2.05, 4.69) is 41.4 Å². The first-order valence-electron chi connectivity index (χ1n) is 12.0. The van der Waals surface area contributed by atoms with Crippen LogP contribution in [0.15, 0.2) is 41.1 Å². The van der Waals surface area contributed by atoms with Crippen molar-refractivity contribution in [2.75, 3.05) is 57.2 Å². The summed E-state index contributed by atoms with van der Waals surface area (Å²) >= 11 is 3.58. The summed E-state index contributed by atoms with van der Waals surface area (Å²) in [4.78, 5) is 11.2. The van der Waals surface area contributed by atoms with Gasteiger partial charge in [0.15, 0.2) is 17.3 Å². The minimum Gasteiger partial charge on any atom is -0.493 e. The summed E-state index contributed by atoms with van der Waals surface area (Å²) in [6.45, 7) is 7.73. The molecule has 3 heterocycles. The van der Waals surface area contributed by atoms with Crippen molar-refractivity contribution >= 4 is 33.1 Å². The van der Waals surface area contributed by atoms with Crippen LogP contribution in [0.4, 0.5) is 17.2 Å². The van der Waals surface area contributed by atoms with Crippen molar-refractivity contribution in [3.63, 3.8) is 0 Å². The molecule has 190 valence electrons. The summed E-state index contributed by atoms with van der Waals surface area (Å²) in [7, 11) is 1.63. The van der Waals surface area contributed by atoms with Gasteiger partial charge in [-0.2, -0.15) is 4.98 Å². The fourth-order valence-electron chi connectivity index (χ4n) is 4.18. The third kappa shape index (κ3) is 5.66. The molecule has 2 aliphatic rings. The van der Waals surface area contributed by atoms with Crippen LogP contribution in [0.1, 0.15) is 17.5 Å². The number of rotatable bonds is 8. The number of fused-ring (bicyclic) bond motifs is 2. The minimum atomic E-state index is 0.443. The Morgan fingerprint density at radius 3 is 2.81 bits per heavy atom. The van der Waals surface area contributed by atoms with Gasteiger partial charge in [-0.1, -0.05) is 22.0 Å². The average Bonchev–Trinajstić information content (AvgIpc) is 3.08. The van der Waals surface area contributed by atoms with Gasteiger partial charge in [-0.15, -0.1) is 0 Å². The number of morpholine rings is 1. The monoisotopic (exact) mass is 555 g/mol. The van der Waals surface area contributed by atoms with Gasteiger partial charge in [0.05, 0.1) is 26.9 Å². The zero-order valence-electron chi connectivity index (χ0n) is 20.5. The van der Waals surface area contributed by atoms with E-state index in [-0.39, 0.29) is 0 Å². The fourth-order valence-corrected chi connectivity index (χ4v) is 4.56. The normalized spacial score (nSPS) is 15.1. The highest BCUT2D eigenvalue weighted by Gasteiger charge is 2.22. The van der Waals surface area contributed by atoms with Crippen LogP contribution < -0.4 is 24.8 Å². The van der Waals surface area contributed by atoms with Crippen molar-refractivity contribution in [2.45, 2.75) is 19.9 Å². The van der Waals surface area contributed by atoms with Crippen LogP contribution in [0.2, 0.25) is 0 Å². The molecule has 0 saturated carbocycles. The van der Waals surface area contributed by atoms with Gasteiger partial charge in [0.2, 0.25) is 5.88 Å². The van der Waals surface area contributed by atoms with Crippen LogP contribution in [-0.4, -0.2) is 61.4 Å². The van der Waals surface area contributed by atoms with Gasteiger partial charge in [0.1, 0.15) is 17.8 Å². The van der Waals surface area contributed by atoms with E-state index >= 15 is 0 Å². The molecule has 0 radical (unpaired) electrons. The minimum absolute atomic E-state index is 0.443. The van der Waals surface area contributed by atoms with Gasteiger partial charge >= 0.3 is 0 Å². The maximum atomic E-state index is 6.21. The lowest BCUT2D eigenvalue weighted by Crippen LogP contribution is -2.37. The molecule has 10 heteroatoms. The second kappa shape index (κ2) is 11.3. The summed E-state index contributed by atoms with van der Waals surface area (Å²) < 4.78 is 24.4. The first-order chi connectivity index (χ1) is 17.6. The molecule has 1 saturated heterocycles. The number of halogens is 1. The molecule has 2 N–H and O–H groups in total. The lowest BCUT2D eigenvalue weighted by atomic mass is 10.1. The van der Waals surface area contributed by atoms with E-state index in [0.717, 1.165) is 60.6 Å². The van der Waals surface area contributed by atoms with Gasteiger partial charge in [-0.25, -0.2) is 4.98 Å². The lowest BCUT2D eigenvalue weighted by molar-refractivity contribution is 0.0357. The van der Waals surface area contributed by atoms with E-state index in [1.807, 2.05) is 37.3 Å². The first kappa shape index (κ1) is 24.6. The molecule has 2 aliphatic heterocycles. The van der Waals surface area contributed by atoms with Gasteiger partial charge in [-0.3, -0.25) is 4.90 Å². The molecule has 9 nitrogen and oxygen atoms in total. The Hall–Kier alpha value is -3.08. The van der Waals surface area contributed by atoms with E-state index in [0.29, 0.717) is 47.8 Å². The maximum Gasteiger partial charge on any atom is 0.248 e. The second-order valence-corrected chi connectivity index (χ2v) is 9.57. The van der Waals surface area contributed by atoms with Crippen molar-refractivity contribution < 1.29 is 18.9 Å². The van der Waals surface area contributed by atoms with Crippen LogP contribution in [0, 0.1) is 6.92 Å². The maximum absolute atomic E-state index is 6.21. The van der Waals surface area contributed by atoms with E-state index in [1.54, 1.807) is 7.11 Å². The van der Waals surface area contributed by atoms with Crippen molar-refractivity contribution in [3.05, 3.63) is 52.3 Å². The van der Waals surface area contributed by atoms with Crippen LogP contribution >= 0.6 is 15.9 Å². The van der Waals surface area contributed by atoms with Crippen LogP contribution in [0.5, 0.6) is 23.1 Å². The Balaban J connectivity index is 1.29. The van der Waals surface area contributed by atoms with E-state index in [4.69, 9.17) is 18.9 Å². The first-order valence-corrected chi connectivity index (χ1v) is 12.8. The number of nitrogens with one attached hydrogen (secondary N) is 2. The van der Waals surface area contributed by atoms with E-state index in [1.165, 1.54) is 6.33 Å². The molecule has 0 unspecified atom stereocenters. The molecule has 5 rings (SSSR count). The number of benzene rings is 2. The summed E-state index contributed by atoms with van der Waals surface area (Å²) in [6, 6.07) is 9.90. The van der Waals surface area contributed by atoms with Gasteiger partial charge in [0.25, 0.3) is 0 Å². The van der Waals surface area contributed by atoms with Crippen LogP contribution in [0.3, 0.4) is 0 Å². The van der Waals surface area contributed by atoms with E-state index < -0.39 is 0 Å². The van der Waals surface area contributed by atoms with Crippen molar-refractivity contribution in [1.29, 1.82) is 0 Å². The topological polar surface area (TPSA) is 90.0 Å². The highest BCUT2D eigenvalue weighted by molar-refractivity contribution is 9.10. The number of aryl methyl sites for hydroxylation is 1. The Morgan fingerprint density at radius 1 is 1.14 bits per heavy atom. The van der Waals surface area contributed by atoms with Gasteiger partial charge in [0, 0.05) is 48.0 Å². The average molecular weight is 556 g/mol. The van der Waals surface area contributed by atoms with Crippen molar-refractivity contribution in [2.24, 2.45) is 0 Å². The molecule has 0 atom stereocenters. The molecule has 0 aliphatic carbocycles. The number of methoxy groups -OCH3 is 1. The molecule has 0 bridgehead atoms. The quantitative estimate of drug-likeness (QED) is 0.367. The molecular weight excluding hydrogens is 526 g/mol. The van der Waals surface area contributed by atoms with Gasteiger partial charge in [-0.05, 0) is 37.1 Å². The highest BCUT2D eigenvalue weighted by atomic mass is 79.9. The zero-order chi connectivity index (χ0) is 24.9. The van der Waals surface area contributed by atoms with Crippen LogP contribution in [0.25, 0.3) is 0 Å². The zero-order valence-corrected chi connectivity index (χ0v) is 22.1. The molecule has 1 fully saturated rings. The summed E-state index contributed by atoms with van der Waals surface area (Å²) in [5.74, 6) is 3.07. The summed E-state index contributed by atoms with van der Waals surface area (Å²) in [5.41, 5.74) is 3.71. The molecule has 0 spiro atoms. The third-order valence-electron chi connectivity index (χ3n) is 6.24. The molecule has 1 aromatic heterocycles. The Morgan fingerprint density at radius 2 is 2.00 bits per heavy atom. The molecule has 3 aromatic rings. The smallest absolute Gasteiger partial charge is 0.248 e. The largest absolute Gasteiger partial charge is 0.493 e. The number of aromatic nitrogens is 2. The Labute approximate surface area is 219 Å². The second-order valence-electron chi connectivity index (χ2n) is 8.71. The van der Waals surface area contributed by atoms with Crippen molar-refractivity contribution in [3.8, 4) is 23.1 Å². The SMILES string of the molecule is COc1cc2c(cc1OCCCN1CCOCC1)CNc1c(Nc3ccc(C)c(Br)c3)ncnc1O2. The number of anilines is 3. The standard InChI is InChI=1S/C26H30BrN5O4/c1-17-4-5-19(13-20(17)27)31-25-24-26(30-16-29-25)36-21-14-22(33-2)23(12-18(21)15-28-24)35-9-3-6-32-7-10-34-11-8-32/h4-5,12-14,16,28H,3,6-11,15H2,1-2H3,(H,29,30,31). The number of hydrogen-bond acceptors (Lipinski definition) is 9. The Kier molecular flexibility index (Phi) is 7.74. The Bertz CT molecular complexity index is 1220. The fraction of sp³-hybridized carbons (Fsp3) is 0.385. The molecule has 2 aromatic carbocycles. The molecule has 36 heavy (non-hydrogen) atoms. The number of nitrogens with zero attached hydrogens (tertiary/aromatic N) is 3. The third-order valence-corrected chi connectivity index (χ3v) is 7.09. The molecular formula is C26H30BrN5O4. The predicted molar refractivity (Wildman–Crippen MR) is 142 cm³/mol. The summed E-state index contributed by atoms with van der Waals surface area (Å²) in [5, 5.41) is 6.80. The van der Waals surface area contributed by atoms with Crippen LogP contribution in [-0.2, 0) is 11.3 Å². The summed E-state index contributed by atoms with van der Waals surface area (Å²) in [6.07, 6.45) is 2.42. The number of ether oxygens (including phenoxy) is 4. The predicted octanol–water partition coefficient (Wildman–Crippen LogP) is 5.12. The van der Waals surface area contributed by atoms with Crippen molar-refractivity contribution in [1.82, 2.24) is 14.9 Å². The number of hydrogen-bond donors (Lipinski definition) is 2. The lowest BCUT2D eigenvalue weighted by Gasteiger charge is -2.26. The molecule has 0 amide bonds. The van der Waals surface area contributed by atoms with E-state index in [9.17, 15) is 0 Å². The highest BCUT2D eigenvalue weighted by Crippen LogP contribution is 2.42. The van der Waals surface area contributed by atoms with Gasteiger partial charge < -0.3 is 29.6 Å².